The monoisotopic (exact) mass is 473 g/mol. The molecule has 2 aliphatic rings. The van der Waals surface area contributed by atoms with Crippen LogP contribution < -0.4 is 19.7 Å². The highest BCUT2D eigenvalue weighted by molar-refractivity contribution is 6.14. The number of anilines is 2. The molecule has 0 spiro atoms. The second-order valence-corrected chi connectivity index (χ2v) is 8.99. The highest BCUT2D eigenvalue weighted by Crippen LogP contribution is 2.38. The maximum atomic E-state index is 13.6. The number of carbonyl (C=O) groups is 2. The van der Waals surface area contributed by atoms with Crippen LogP contribution in [0.5, 0.6) is 11.5 Å². The summed E-state index contributed by atoms with van der Waals surface area (Å²) >= 11 is 0. The fraction of sp³-hybridized carbons (Fsp3) is 0.440. The van der Waals surface area contributed by atoms with E-state index >= 15 is 0 Å². The molecule has 0 radical (unpaired) electrons. The van der Waals surface area contributed by atoms with Crippen LogP contribution >= 0.6 is 0 Å². The molecule has 7 nitrogen and oxygen atoms in total. The van der Waals surface area contributed by atoms with E-state index in [0.717, 1.165) is 18.4 Å². The summed E-state index contributed by atoms with van der Waals surface area (Å²) in [5, 5.41) is 2.87. The van der Waals surface area contributed by atoms with Gasteiger partial charge in [-0.15, -0.1) is 0 Å². The van der Waals surface area contributed by atoms with Gasteiger partial charge in [0.25, 0.3) is 0 Å². The first-order valence-corrected chi connectivity index (χ1v) is 11.4. The van der Waals surface area contributed by atoms with E-state index in [1.165, 1.54) is 6.07 Å². The van der Waals surface area contributed by atoms with Crippen molar-refractivity contribution in [1.29, 1.82) is 0 Å². The maximum Gasteiger partial charge on any atom is 0.387 e. The number of ether oxygens (including phenoxy) is 2. The van der Waals surface area contributed by atoms with Crippen LogP contribution in [0.1, 0.15) is 39.2 Å². The van der Waals surface area contributed by atoms with Crippen molar-refractivity contribution in [3.8, 4) is 11.5 Å². The van der Waals surface area contributed by atoms with Crippen LogP contribution in [-0.4, -0.2) is 48.1 Å². The third kappa shape index (κ3) is 4.99. The summed E-state index contributed by atoms with van der Waals surface area (Å²) < 4.78 is 35.5. The summed E-state index contributed by atoms with van der Waals surface area (Å²) in [4.78, 5) is 29.9. The lowest BCUT2D eigenvalue weighted by Crippen LogP contribution is -2.60. The Morgan fingerprint density at radius 1 is 1.21 bits per heavy atom. The normalized spacial score (nSPS) is 16.9. The van der Waals surface area contributed by atoms with Crippen molar-refractivity contribution in [3.63, 3.8) is 0 Å². The summed E-state index contributed by atoms with van der Waals surface area (Å²) in [7, 11) is 0. The molecule has 0 saturated heterocycles. The van der Waals surface area contributed by atoms with E-state index in [0.29, 0.717) is 24.5 Å². The number of alkyl halides is 2. The molecule has 0 aromatic heterocycles. The Bertz CT molecular complexity index is 1070. The molecule has 2 aromatic carbocycles. The van der Waals surface area contributed by atoms with Crippen molar-refractivity contribution in [2.75, 3.05) is 23.4 Å². The Labute approximate surface area is 197 Å². The van der Waals surface area contributed by atoms with Crippen molar-refractivity contribution in [1.82, 2.24) is 4.90 Å². The number of amides is 2. The largest absolute Gasteiger partial charge is 0.490 e. The SMILES string of the molecule is CCOc1cc(CN(CC(=O)N2c3ccccc3NC(=O)C2(C)C)C2CC2)ccc1OC(F)F. The Balaban J connectivity index is 1.56. The first-order valence-electron chi connectivity index (χ1n) is 11.4. The third-order valence-electron chi connectivity index (χ3n) is 6.07. The molecule has 1 saturated carbocycles. The lowest BCUT2D eigenvalue weighted by Gasteiger charge is -2.42. The number of rotatable bonds is 9. The summed E-state index contributed by atoms with van der Waals surface area (Å²) in [6, 6.07) is 12.3. The number of halogens is 2. The number of benzene rings is 2. The lowest BCUT2D eigenvalue weighted by atomic mass is 9.96. The van der Waals surface area contributed by atoms with Gasteiger partial charge in [-0.3, -0.25) is 19.4 Å². The minimum absolute atomic E-state index is 0.0210. The van der Waals surface area contributed by atoms with E-state index in [1.807, 2.05) is 18.2 Å². The average molecular weight is 474 g/mol. The van der Waals surface area contributed by atoms with Crippen LogP contribution in [0.2, 0.25) is 0 Å². The summed E-state index contributed by atoms with van der Waals surface area (Å²) in [6.07, 6.45) is 1.94. The first kappa shape index (κ1) is 23.9. The van der Waals surface area contributed by atoms with Crippen molar-refractivity contribution < 1.29 is 27.8 Å². The van der Waals surface area contributed by atoms with E-state index < -0.39 is 12.2 Å². The second kappa shape index (κ2) is 9.58. The van der Waals surface area contributed by atoms with Crippen molar-refractivity contribution in [3.05, 3.63) is 48.0 Å². The number of hydrogen-bond acceptors (Lipinski definition) is 5. The number of nitrogens with zero attached hydrogens (tertiary/aromatic N) is 2. The van der Waals surface area contributed by atoms with Gasteiger partial charge in [0.1, 0.15) is 5.54 Å². The Kier molecular flexibility index (Phi) is 6.74. The van der Waals surface area contributed by atoms with Crippen LogP contribution in [0.4, 0.5) is 20.2 Å². The first-order chi connectivity index (χ1) is 16.2. The average Bonchev–Trinajstić information content (AvgIpc) is 3.61. The van der Waals surface area contributed by atoms with Crippen LogP contribution in [0.3, 0.4) is 0 Å². The molecule has 9 heteroatoms. The fourth-order valence-corrected chi connectivity index (χ4v) is 4.24. The molecule has 0 bridgehead atoms. The molecule has 4 rings (SSSR count). The van der Waals surface area contributed by atoms with Gasteiger partial charge in [0.05, 0.1) is 24.5 Å². The van der Waals surface area contributed by atoms with Crippen molar-refractivity contribution >= 4 is 23.2 Å². The van der Waals surface area contributed by atoms with Gasteiger partial charge in [0, 0.05) is 12.6 Å². The Morgan fingerprint density at radius 3 is 2.62 bits per heavy atom. The van der Waals surface area contributed by atoms with Gasteiger partial charge in [-0.05, 0) is 63.4 Å². The van der Waals surface area contributed by atoms with Gasteiger partial charge in [0.2, 0.25) is 11.8 Å². The summed E-state index contributed by atoms with van der Waals surface area (Å²) in [5.74, 6) is -0.201. The second-order valence-electron chi connectivity index (χ2n) is 8.99. The number of fused-ring (bicyclic) bond motifs is 1. The highest BCUT2D eigenvalue weighted by atomic mass is 19.3. The summed E-state index contributed by atoms with van der Waals surface area (Å²) in [5.41, 5.74) is 1.05. The molecule has 1 aliphatic carbocycles. The molecule has 182 valence electrons. The topological polar surface area (TPSA) is 71.1 Å². The quantitative estimate of drug-likeness (QED) is 0.584. The van der Waals surface area contributed by atoms with E-state index in [2.05, 4.69) is 15.0 Å². The minimum atomic E-state index is -2.95. The van der Waals surface area contributed by atoms with Gasteiger partial charge < -0.3 is 14.8 Å². The molecular formula is C25H29F2N3O4. The third-order valence-corrected chi connectivity index (χ3v) is 6.07. The standard InChI is InChI=1S/C25H29F2N3O4/c1-4-33-21-13-16(9-12-20(21)34-24(26)27)14-29(17-10-11-17)15-22(31)30-19-8-6-5-7-18(19)28-23(32)25(30,2)3/h5-9,12-13,17,24H,4,10-11,14-15H2,1-3H3,(H,28,32). The number of para-hydroxylation sites is 2. The zero-order valence-corrected chi connectivity index (χ0v) is 19.5. The molecule has 34 heavy (non-hydrogen) atoms. The number of hydrogen-bond donors (Lipinski definition) is 1. The van der Waals surface area contributed by atoms with E-state index in [1.54, 1.807) is 43.9 Å². The Hall–Kier alpha value is -3.20. The molecule has 1 heterocycles. The molecule has 1 fully saturated rings. The van der Waals surface area contributed by atoms with Crippen LogP contribution in [0.15, 0.2) is 42.5 Å². The molecule has 2 amide bonds. The molecular weight excluding hydrogens is 444 g/mol. The van der Waals surface area contributed by atoms with Gasteiger partial charge in [0.15, 0.2) is 11.5 Å². The van der Waals surface area contributed by atoms with E-state index in [9.17, 15) is 18.4 Å². The lowest BCUT2D eigenvalue weighted by molar-refractivity contribution is -0.127. The maximum absolute atomic E-state index is 13.6. The van der Waals surface area contributed by atoms with Crippen LogP contribution in [-0.2, 0) is 16.1 Å². The van der Waals surface area contributed by atoms with E-state index in [4.69, 9.17) is 4.74 Å². The summed E-state index contributed by atoms with van der Waals surface area (Å²) in [6.45, 7) is 3.14. The minimum Gasteiger partial charge on any atom is -0.490 e. The van der Waals surface area contributed by atoms with Gasteiger partial charge in [-0.25, -0.2) is 0 Å². The molecule has 2 aromatic rings. The highest BCUT2D eigenvalue weighted by Gasteiger charge is 2.44. The zero-order valence-electron chi connectivity index (χ0n) is 19.5. The number of carbonyl (C=O) groups excluding carboxylic acids is 2. The molecule has 0 unspecified atom stereocenters. The molecule has 1 aliphatic heterocycles. The smallest absolute Gasteiger partial charge is 0.387 e. The van der Waals surface area contributed by atoms with E-state index in [-0.39, 0.29) is 35.9 Å². The van der Waals surface area contributed by atoms with Gasteiger partial charge >= 0.3 is 6.61 Å². The van der Waals surface area contributed by atoms with Gasteiger partial charge in [-0.1, -0.05) is 18.2 Å². The molecule has 1 N–H and O–H groups in total. The predicted octanol–water partition coefficient (Wildman–Crippen LogP) is 4.42. The number of nitrogens with one attached hydrogen (secondary N) is 1. The van der Waals surface area contributed by atoms with Crippen molar-refractivity contribution in [2.24, 2.45) is 0 Å². The van der Waals surface area contributed by atoms with Gasteiger partial charge in [-0.2, -0.15) is 8.78 Å². The van der Waals surface area contributed by atoms with Crippen molar-refractivity contribution in [2.45, 2.75) is 58.3 Å². The molecule has 0 atom stereocenters. The van der Waals surface area contributed by atoms with Crippen LogP contribution in [0.25, 0.3) is 0 Å². The zero-order chi connectivity index (χ0) is 24.5. The predicted molar refractivity (Wildman–Crippen MR) is 124 cm³/mol. The van der Waals surface area contributed by atoms with Crippen LogP contribution in [0, 0.1) is 0 Å². The Morgan fingerprint density at radius 2 is 1.94 bits per heavy atom. The fourth-order valence-electron chi connectivity index (χ4n) is 4.24.